The molecule has 3 amide bonds. The fraction of sp³-hybridized carbons (Fsp3) is 0.167. The molecule has 0 bridgehead atoms. The van der Waals surface area contributed by atoms with Crippen molar-refractivity contribution < 1.29 is 18.8 Å². The maximum atomic E-state index is 13.1. The first-order valence-corrected chi connectivity index (χ1v) is 7.57. The molecule has 25 heavy (non-hydrogen) atoms. The maximum Gasteiger partial charge on any atom is 0.251 e. The Morgan fingerprint density at radius 2 is 1.76 bits per heavy atom. The minimum absolute atomic E-state index is 0.130. The van der Waals surface area contributed by atoms with Crippen LogP contribution in [0.25, 0.3) is 0 Å². The van der Waals surface area contributed by atoms with E-state index in [0.29, 0.717) is 16.8 Å². The molecule has 0 atom stereocenters. The van der Waals surface area contributed by atoms with Gasteiger partial charge in [0.15, 0.2) is 0 Å². The molecule has 0 fully saturated rings. The smallest absolute Gasteiger partial charge is 0.251 e. The highest BCUT2D eigenvalue weighted by atomic mass is 19.1. The minimum atomic E-state index is -0.550. The topological polar surface area (TPSA) is 87.3 Å². The van der Waals surface area contributed by atoms with Crippen LogP contribution in [-0.4, -0.2) is 31.3 Å². The number of hydrogen-bond donors (Lipinski definition) is 3. The lowest BCUT2D eigenvalue weighted by atomic mass is 10.1. The van der Waals surface area contributed by atoms with E-state index in [-0.39, 0.29) is 18.0 Å². The largest absolute Gasteiger partial charge is 0.355 e. The van der Waals surface area contributed by atoms with Crippen LogP contribution in [0.4, 0.5) is 10.1 Å². The van der Waals surface area contributed by atoms with Gasteiger partial charge in [0.25, 0.3) is 11.8 Å². The summed E-state index contributed by atoms with van der Waals surface area (Å²) in [5.41, 5.74) is 1.67. The summed E-state index contributed by atoms with van der Waals surface area (Å²) in [6.45, 7) is 1.44. The van der Waals surface area contributed by atoms with Crippen molar-refractivity contribution in [1.82, 2.24) is 10.6 Å². The Morgan fingerprint density at radius 1 is 1.04 bits per heavy atom. The van der Waals surface area contributed by atoms with Gasteiger partial charge in [0.2, 0.25) is 5.91 Å². The zero-order chi connectivity index (χ0) is 18.4. The van der Waals surface area contributed by atoms with Crippen LogP contribution in [0, 0.1) is 12.7 Å². The van der Waals surface area contributed by atoms with Gasteiger partial charge in [-0.15, -0.1) is 0 Å². The molecule has 0 saturated heterocycles. The van der Waals surface area contributed by atoms with Gasteiger partial charge in [-0.25, -0.2) is 4.39 Å². The molecule has 0 heterocycles. The summed E-state index contributed by atoms with van der Waals surface area (Å²) in [5, 5.41) is 7.58. The minimum Gasteiger partial charge on any atom is -0.355 e. The molecule has 3 N–H and O–H groups in total. The summed E-state index contributed by atoms with van der Waals surface area (Å²) in [7, 11) is 1.52. The predicted octanol–water partition coefficient (Wildman–Crippen LogP) is 1.86. The first kappa shape index (κ1) is 18.1. The number of halogens is 1. The Labute approximate surface area is 144 Å². The number of nitrogens with one attached hydrogen (secondary N) is 3. The fourth-order valence-electron chi connectivity index (χ4n) is 2.24. The molecule has 0 saturated carbocycles. The van der Waals surface area contributed by atoms with Crippen molar-refractivity contribution >= 4 is 23.4 Å². The van der Waals surface area contributed by atoms with Crippen LogP contribution in [0.5, 0.6) is 0 Å². The van der Waals surface area contributed by atoms with Crippen molar-refractivity contribution in [1.29, 1.82) is 0 Å². The second-order valence-electron chi connectivity index (χ2n) is 5.30. The van der Waals surface area contributed by atoms with E-state index >= 15 is 0 Å². The molecule has 0 aliphatic heterocycles. The molecule has 7 heteroatoms. The molecule has 2 rings (SSSR count). The van der Waals surface area contributed by atoms with Crippen LogP contribution in [-0.2, 0) is 4.79 Å². The number of carbonyl (C=O) groups is 3. The van der Waals surface area contributed by atoms with Gasteiger partial charge in [-0.3, -0.25) is 14.4 Å². The van der Waals surface area contributed by atoms with Gasteiger partial charge >= 0.3 is 0 Å². The number of benzene rings is 2. The maximum absolute atomic E-state index is 13.1. The molecular weight excluding hydrogens is 325 g/mol. The summed E-state index contributed by atoms with van der Waals surface area (Å²) in [4.78, 5) is 35.7. The van der Waals surface area contributed by atoms with Gasteiger partial charge in [0.1, 0.15) is 5.82 Å². The highest BCUT2D eigenvalue weighted by Gasteiger charge is 2.13. The van der Waals surface area contributed by atoms with E-state index in [0.717, 1.165) is 6.07 Å². The third-order valence-corrected chi connectivity index (χ3v) is 3.58. The lowest BCUT2D eigenvalue weighted by Gasteiger charge is -2.12. The molecule has 0 spiro atoms. The quantitative estimate of drug-likeness (QED) is 0.774. The zero-order valence-corrected chi connectivity index (χ0v) is 13.9. The summed E-state index contributed by atoms with van der Waals surface area (Å²) >= 11 is 0. The fourth-order valence-corrected chi connectivity index (χ4v) is 2.24. The van der Waals surface area contributed by atoms with Crippen LogP contribution in [0.1, 0.15) is 26.3 Å². The van der Waals surface area contributed by atoms with Gasteiger partial charge in [-0.05, 0) is 42.8 Å². The van der Waals surface area contributed by atoms with Crippen LogP contribution in [0.3, 0.4) is 0 Å². The number of anilines is 1. The molecule has 0 aliphatic rings. The number of carbonyl (C=O) groups excluding carboxylic acids is 3. The molecule has 2 aromatic carbocycles. The lowest BCUT2D eigenvalue weighted by Crippen LogP contribution is -2.33. The van der Waals surface area contributed by atoms with Crippen LogP contribution < -0.4 is 16.0 Å². The van der Waals surface area contributed by atoms with Crippen molar-refractivity contribution in [3.05, 3.63) is 65.0 Å². The summed E-state index contributed by atoms with van der Waals surface area (Å²) in [6.07, 6.45) is 0. The SMILES string of the molecule is CNC(=O)c1cccc(NC(=O)CNC(=O)c2cccc(F)c2)c1C. The first-order chi connectivity index (χ1) is 11.9. The van der Waals surface area contributed by atoms with Crippen LogP contribution in [0.2, 0.25) is 0 Å². The Balaban J connectivity index is 1.99. The third-order valence-electron chi connectivity index (χ3n) is 3.58. The molecular formula is C18H18FN3O3. The van der Waals surface area contributed by atoms with Crippen molar-refractivity contribution in [2.24, 2.45) is 0 Å². The van der Waals surface area contributed by atoms with E-state index in [1.807, 2.05) is 0 Å². The van der Waals surface area contributed by atoms with Crippen molar-refractivity contribution in [2.75, 3.05) is 18.9 Å². The Bertz CT molecular complexity index is 821. The Morgan fingerprint density at radius 3 is 2.44 bits per heavy atom. The van der Waals surface area contributed by atoms with Crippen molar-refractivity contribution in [3.8, 4) is 0 Å². The first-order valence-electron chi connectivity index (χ1n) is 7.57. The Kier molecular flexibility index (Phi) is 5.84. The van der Waals surface area contributed by atoms with Crippen LogP contribution >= 0.6 is 0 Å². The summed E-state index contributed by atoms with van der Waals surface area (Å²) in [6, 6.07) is 10.1. The standard InChI is InChI=1S/C18H18FN3O3/c1-11-14(18(25)20-2)7-4-8-15(11)22-16(23)10-21-17(24)12-5-3-6-13(19)9-12/h3-9H,10H2,1-2H3,(H,20,25)(H,21,24)(H,22,23). The molecule has 0 aromatic heterocycles. The van der Waals surface area contributed by atoms with E-state index in [2.05, 4.69) is 16.0 Å². The second-order valence-corrected chi connectivity index (χ2v) is 5.30. The van der Waals surface area contributed by atoms with Gasteiger partial charge in [0.05, 0.1) is 6.54 Å². The summed E-state index contributed by atoms with van der Waals surface area (Å²) in [5.74, 6) is -1.79. The summed E-state index contributed by atoms with van der Waals surface area (Å²) < 4.78 is 13.1. The highest BCUT2D eigenvalue weighted by molar-refractivity contribution is 6.01. The Hall–Kier alpha value is -3.22. The van der Waals surface area contributed by atoms with Gasteiger partial charge in [-0.2, -0.15) is 0 Å². The number of amides is 3. The molecule has 130 valence electrons. The molecule has 0 unspecified atom stereocenters. The second kappa shape index (κ2) is 8.05. The molecule has 0 aliphatic carbocycles. The van der Waals surface area contributed by atoms with E-state index < -0.39 is 17.6 Å². The van der Waals surface area contributed by atoms with E-state index in [4.69, 9.17) is 0 Å². The molecule has 6 nitrogen and oxygen atoms in total. The van der Waals surface area contributed by atoms with Crippen LogP contribution in [0.15, 0.2) is 42.5 Å². The lowest BCUT2D eigenvalue weighted by molar-refractivity contribution is -0.115. The van der Waals surface area contributed by atoms with E-state index in [9.17, 15) is 18.8 Å². The van der Waals surface area contributed by atoms with Gasteiger partial charge < -0.3 is 16.0 Å². The average molecular weight is 343 g/mol. The monoisotopic (exact) mass is 343 g/mol. The normalized spacial score (nSPS) is 10.0. The van der Waals surface area contributed by atoms with Crippen molar-refractivity contribution in [2.45, 2.75) is 6.92 Å². The predicted molar refractivity (Wildman–Crippen MR) is 91.9 cm³/mol. The number of hydrogen-bond acceptors (Lipinski definition) is 3. The highest BCUT2D eigenvalue weighted by Crippen LogP contribution is 2.18. The van der Waals surface area contributed by atoms with Crippen molar-refractivity contribution in [3.63, 3.8) is 0 Å². The molecule has 2 aromatic rings. The van der Waals surface area contributed by atoms with Gasteiger partial charge in [0, 0.05) is 23.9 Å². The van der Waals surface area contributed by atoms with Gasteiger partial charge in [-0.1, -0.05) is 12.1 Å². The van der Waals surface area contributed by atoms with E-state index in [1.165, 1.54) is 25.2 Å². The average Bonchev–Trinajstić information content (AvgIpc) is 2.60. The zero-order valence-electron chi connectivity index (χ0n) is 13.9. The number of rotatable bonds is 5. The molecule has 0 radical (unpaired) electrons. The van der Waals surface area contributed by atoms with E-state index in [1.54, 1.807) is 25.1 Å². The third kappa shape index (κ3) is 4.63.